The second-order valence-electron chi connectivity index (χ2n) is 6.86. The molecule has 8 nitrogen and oxygen atoms in total. The first-order valence-corrected chi connectivity index (χ1v) is 9.41. The second kappa shape index (κ2) is 8.41. The summed E-state index contributed by atoms with van der Waals surface area (Å²) in [6, 6.07) is 1.97. The largest absolute Gasteiger partial charge is 0.383 e. The molecule has 3 aromatic heterocycles. The molecule has 1 saturated heterocycles. The number of rotatable bonds is 7. The number of fused-ring (bicyclic) bond motifs is 1. The zero-order chi connectivity index (χ0) is 18.5. The zero-order valence-corrected chi connectivity index (χ0v) is 15.6. The van der Waals surface area contributed by atoms with Gasteiger partial charge in [0.05, 0.1) is 30.6 Å². The molecule has 0 saturated carbocycles. The summed E-state index contributed by atoms with van der Waals surface area (Å²) in [6.07, 6.45) is 9.69. The fourth-order valence-electron chi connectivity index (χ4n) is 3.39. The lowest BCUT2D eigenvalue weighted by molar-refractivity contribution is 0.183. The van der Waals surface area contributed by atoms with Gasteiger partial charge < -0.3 is 15.4 Å². The van der Waals surface area contributed by atoms with Crippen LogP contribution >= 0.6 is 0 Å². The van der Waals surface area contributed by atoms with E-state index < -0.39 is 0 Å². The van der Waals surface area contributed by atoms with Gasteiger partial charge in [-0.05, 0) is 37.9 Å². The first-order chi connectivity index (χ1) is 13.3. The number of aromatic nitrogens is 5. The normalized spacial score (nSPS) is 17.3. The lowest BCUT2D eigenvalue weighted by atomic mass is 10.00. The van der Waals surface area contributed by atoms with Gasteiger partial charge in [-0.25, -0.2) is 9.97 Å². The van der Waals surface area contributed by atoms with E-state index in [9.17, 15) is 0 Å². The minimum Gasteiger partial charge on any atom is -0.383 e. The summed E-state index contributed by atoms with van der Waals surface area (Å²) >= 11 is 0. The van der Waals surface area contributed by atoms with Crippen molar-refractivity contribution in [2.45, 2.75) is 19.4 Å². The number of ether oxygens (including phenoxy) is 1. The Bertz CT molecular complexity index is 889. The van der Waals surface area contributed by atoms with Crippen molar-refractivity contribution in [2.24, 2.45) is 5.92 Å². The van der Waals surface area contributed by atoms with E-state index in [-0.39, 0.29) is 0 Å². The number of hydrogen-bond donors (Lipinski definition) is 2. The average Bonchev–Trinajstić information content (AvgIpc) is 3.20. The molecule has 1 aliphatic heterocycles. The molecule has 3 aromatic rings. The van der Waals surface area contributed by atoms with Crippen LogP contribution in [0, 0.1) is 5.92 Å². The third-order valence-corrected chi connectivity index (χ3v) is 4.87. The third-order valence-electron chi connectivity index (χ3n) is 4.87. The smallest absolute Gasteiger partial charge is 0.154 e. The molecule has 0 radical (unpaired) electrons. The molecular formula is C19H25N7O. The van der Waals surface area contributed by atoms with E-state index in [1.807, 2.05) is 23.1 Å². The molecule has 8 heteroatoms. The van der Waals surface area contributed by atoms with E-state index in [1.54, 1.807) is 19.5 Å². The van der Waals surface area contributed by atoms with Crippen LogP contribution < -0.4 is 10.6 Å². The van der Waals surface area contributed by atoms with Crippen molar-refractivity contribution in [3.63, 3.8) is 0 Å². The Morgan fingerprint density at radius 2 is 2.26 bits per heavy atom. The highest BCUT2D eigenvalue weighted by atomic mass is 16.5. The van der Waals surface area contributed by atoms with E-state index in [4.69, 9.17) is 9.72 Å². The summed E-state index contributed by atoms with van der Waals surface area (Å²) in [7, 11) is 1.69. The standard InChI is InChI=1S/C19H25N7O/c1-27-8-7-26-13-15(12-24-26)16-9-17-18(22-6-5-21-17)19(25-16)23-11-14-3-2-4-20-10-14/h5-6,9,12-14,20H,2-4,7-8,10-11H2,1H3,(H,23,25)/t14-/m0/s1. The quantitative estimate of drug-likeness (QED) is 0.660. The van der Waals surface area contributed by atoms with Crippen molar-refractivity contribution in [1.82, 2.24) is 30.0 Å². The highest BCUT2D eigenvalue weighted by molar-refractivity contribution is 5.88. The predicted molar refractivity (Wildman–Crippen MR) is 105 cm³/mol. The number of pyridine rings is 1. The Morgan fingerprint density at radius 1 is 1.33 bits per heavy atom. The van der Waals surface area contributed by atoms with Gasteiger partial charge in [0.25, 0.3) is 0 Å². The van der Waals surface area contributed by atoms with Gasteiger partial charge in [-0.3, -0.25) is 9.67 Å². The first kappa shape index (κ1) is 17.8. The number of piperidine rings is 1. The molecule has 27 heavy (non-hydrogen) atoms. The average molecular weight is 367 g/mol. The predicted octanol–water partition coefficient (Wildman–Crippen LogP) is 1.95. The summed E-state index contributed by atoms with van der Waals surface area (Å²) in [6.45, 7) is 4.38. The molecule has 1 aliphatic rings. The van der Waals surface area contributed by atoms with E-state index >= 15 is 0 Å². The molecule has 4 rings (SSSR count). The molecular weight excluding hydrogens is 342 g/mol. The number of hydrogen-bond acceptors (Lipinski definition) is 7. The highest BCUT2D eigenvalue weighted by Crippen LogP contribution is 2.25. The van der Waals surface area contributed by atoms with Gasteiger partial charge >= 0.3 is 0 Å². The number of anilines is 1. The van der Waals surface area contributed by atoms with Crippen LogP contribution in [0.15, 0.2) is 30.9 Å². The Morgan fingerprint density at radius 3 is 3.11 bits per heavy atom. The van der Waals surface area contributed by atoms with Crippen molar-refractivity contribution in [1.29, 1.82) is 0 Å². The summed E-state index contributed by atoms with van der Waals surface area (Å²) in [5, 5.41) is 11.4. The molecule has 0 spiro atoms. The van der Waals surface area contributed by atoms with Gasteiger partial charge in [-0.1, -0.05) is 0 Å². The fourth-order valence-corrected chi connectivity index (χ4v) is 3.39. The minimum atomic E-state index is 0.604. The van der Waals surface area contributed by atoms with Crippen LogP contribution in [-0.4, -0.2) is 58.1 Å². The SMILES string of the molecule is COCCn1cc(-c2cc3nccnc3c(NC[C@H]3CCCNC3)n2)cn1. The van der Waals surface area contributed by atoms with Gasteiger partial charge in [0.1, 0.15) is 5.52 Å². The Hall–Kier alpha value is -2.58. The molecule has 0 unspecified atom stereocenters. The lowest BCUT2D eigenvalue weighted by Gasteiger charge is -2.23. The van der Waals surface area contributed by atoms with E-state index in [2.05, 4.69) is 25.7 Å². The summed E-state index contributed by atoms with van der Waals surface area (Å²) in [5.74, 6) is 1.39. The third kappa shape index (κ3) is 4.23. The van der Waals surface area contributed by atoms with Crippen molar-refractivity contribution < 1.29 is 4.74 Å². The maximum atomic E-state index is 5.12. The van der Waals surface area contributed by atoms with Crippen LogP contribution in [0.2, 0.25) is 0 Å². The van der Waals surface area contributed by atoms with Crippen molar-refractivity contribution in [3.05, 3.63) is 30.9 Å². The van der Waals surface area contributed by atoms with Crippen molar-refractivity contribution >= 4 is 16.9 Å². The minimum absolute atomic E-state index is 0.604. The number of nitrogens with zero attached hydrogens (tertiary/aromatic N) is 5. The van der Waals surface area contributed by atoms with E-state index in [0.29, 0.717) is 19.1 Å². The first-order valence-electron chi connectivity index (χ1n) is 9.41. The zero-order valence-electron chi connectivity index (χ0n) is 15.6. The molecule has 0 aliphatic carbocycles. The van der Waals surface area contributed by atoms with Crippen LogP contribution in [0.1, 0.15) is 12.8 Å². The van der Waals surface area contributed by atoms with Gasteiger partial charge in [-0.15, -0.1) is 0 Å². The van der Waals surface area contributed by atoms with E-state index in [0.717, 1.165) is 47.7 Å². The summed E-state index contributed by atoms with van der Waals surface area (Å²) in [5.41, 5.74) is 3.44. The molecule has 142 valence electrons. The maximum Gasteiger partial charge on any atom is 0.154 e. The van der Waals surface area contributed by atoms with Crippen LogP contribution in [0.25, 0.3) is 22.3 Å². The topological polar surface area (TPSA) is 89.8 Å². The fraction of sp³-hybridized carbons (Fsp3) is 0.474. The Balaban J connectivity index is 1.60. The Labute approximate surface area is 158 Å². The van der Waals surface area contributed by atoms with Gasteiger partial charge in [0.2, 0.25) is 0 Å². The van der Waals surface area contributed by atoms with Crippen molar-refractivity contribution in [3.8, 4) is 11.3 Å². The Kier molecular flexibility index (Phi) is 5.55. The van der Waals surface area contributed by atoms with Gasteiger partial charge in [-0.2, -0.15) is 5.10 Å². The van der Waals surface area contributed by atoms with Crippen LogP contribution in [-0.2, 0) is 11.3 Å². The van der Waals surface area contributed by atoms with Crippen LogP contribution in [0.3, 0.4) is 0 Å². The second-order valence-corrected chi connectivity index (χ2v) is 6.86. The molecule has 1 atom stereocenters. The van der Waals surface area contributed by atoms with Gasteiger partial charge in [0.15, 0.2) is 5.82 Å². The molecule has 0 amide bonds. The van der Waals surface area contributed by atoms with Crippen molar-refractivity contribution in [2.75, 3.05) is 38.7 Å². The van der Waals surface area contributed by atoms with Gasteiger partial charge in [0, 0.05) is 37.8 Å². The molecule has 1 fully saturated rings. The molecule has 0 aromatic carbocycles. The summed E-state index contributed by atoms with van der Waals surface area (Å²) in [4.78, 5) is 13.8. The molecule has 2 N–H and O–H groups in total. The van der Waals surface area contributed by atoms with Crippen LogP contribution in [0.5, 0.6) is 0 Å². The van der Waals surface area contributed by atoms with E-state index in [1.165, 1.54) is 12.8 Å². The van der Waals surface area contributed by atoms with Crippen LogP contribution in [0.4, 0.5) is 5.82 Å². The molecule has 0 bridgehead atoms. The molecule has 4 heterocycles. The number of methoxy groups -OCH3 is 1. The summed E-state index contributed by atoms with van der Waals surface area (Å²) < 4.78 is 6.98. The highest BCUT2D eigenvalue weighted by Gasteiger charge is 2.15. The lowest BCUT2D eigenvalue weighted by Crippen LogP contribution is -2.33. The monoisotopic (exact) mass is 367 g/mol. The maximum absolute atomic E-state index is 5.12. The number of nitrogens with one attached hydrogen (secondary N) is 2.